The number of benzene rings is 1. The Morgan fingerprint density at radius 2 is 2.27 bits per heavy atom. The maximum atomic E-state index is 12.5. The first kappa shape index (κ1) is 8.87. The van der Waals surface area contributed by atoms with Crippen molar-refractivity contribution in [1.82, 2.24) is 0 Å². The average molecular weight is 237 g/mol. The van der Waals surface area contributed by atoms with E-state index in [1.165, 1.54) is 12.1 Å². The molecule has 0 N–H and O–H groups in total. The summed E-state index contributed by atoms with van der Waals surface area (Å²) in [5.74, 6) is 0.396. The fourth-order valence-corrected chi connectivity index (χ4v) is 1.16. The SMILES string of the molecule is Fc1ccc(Br)c(OCS)c1. The van der Waals surface area contributed by atoms with Gasteiger partial charge in [0, 0.05) is 6.07 Å². The lowest BCUT2D eigenvalue weighted by Crippen LogP contribution is -1.90. The second-order valence-corrected chi connectivity index (χ2v) is 2.96. The van der Waals surface area contributed by atoms with Crippen LogP contribution in [0.4, 0.5) is 4.39 Å². The molecule has 1 aromatic carbocycles. The predicted molar refractivity (Wildman–Crippen MR) is 48.6 cm³/mol. The molecule has 11 heavy (non-hydrogen) atoms. The van der Waals surface area contributed by atoms with E-state index in [0.29, 0.717) is 5.75 Å². The molecular weight excluding hydrogens is 231 g/mol. The lowest BCUT2D eigenvalue weighted by atomic mass is 10.3. The molecule has 0 saturated carbocycles. The molecule has 0 aliphatic heterocycles. The molecule has 0 bridgehead atoms. The molecule has 1 rings (SSSR count). The van der Waals surface area contributed by atoms with Gasteiger partial charge in [0.15, 0.2) is 0 Å². The number of hydrogen-bond donors (Lipinski definition) is 1. The predicted octanol–water partition coefficient (Wildman–Crippen LogP) is 2.85. The third kappa shape index (κ3) is 2.38. The average Bonchev–Trinajstić information content (AvgIpc) is 1.98. The second kappa shape index (κ2) is 3.97. The molecule has 1 aromatic rings. The summed E-state index contributed by atoms with van der Waals surface area (Å²) in [6, 6.07) is 4.25. The summed E-state index contributed by atoms with van der Waals surface area (Å²) in [4.78, 5) is 0. The van der Waals surface area contributed by atoms with E-state index in [9.17, 15) is 4.39 Å². The van der Waals surface area contributed by atoms with Crippen LogP contribution in [-0.2, 0) is 0 Å². The molecular formula is C7H6BrFOS. The zero-order chi connectivity index (χ0) is 8.27. The summed E-state index contributed by atoms with van der Waals surface area (Å²) in [6.07, 6.45) is 0. The Kier molecular flexibility index (Phi) is 3.20. The van der Waals surface area contributed by atoms with E-state index in [4.69, 9.17) is 4.74 Å². The highest BCUT2D eigenvalue weighted by molar-refractivity contribution is 9.10. The first-order valence-electron chi connectivity index (χ1n) is 2.93. The van der Waals surface area contributed by atoms with Gasteiger partial charge in [-0.25, -0.2) is 4.39 Å². The van der Waals surface area contributed by atoms with Gasteiger partial charge < -0.3 is 4.74 Å². The van der Waals surface area contributed by atoms with Crippen LogP contribution in [0.2, 0.25) is 0 Å². The molecule has 0 amide bonds. The van der Waals surface area contributed by atoms with Crippen molar-refractivity contribution in [2.24, 2.45) is 0 Å². The van der Waals surface area contributed by atoms with Crippen LogP contribution in [0.3, 0.4) is 0 Å². The Labute approximate surface area is 78.1 Å². The fraction of sp³-hybridized carbons (Fsp3) is 0.143. The number of ether oxygens (including phenoxy) is 1. The molecule has 0 aliphatic carbocycles. The van der Waals surface area contributed by atoms with E-state index in [-0.39, 0.29) is 11.8 Å². The van der Waals surface area contributed by atoms with Gasteiger partial charge in [0.05, 0.1) is 4.47 Å². The van der Waals surface area contributed by atoms with Crippen molar-refractivity contribution in [2.75, 3.05) is 5.94 Å². The molecule has 0 atom stereocenters. The molecule has 0 aliphatic rings. The standard InChI is InChI=1S/C7H6BrFOS/c8-6-2-1-5(9)3-7(6)10-4-11/h1-3,11H,4H2. The van der Waals surface area contributed by atoms with Gasteiger partial charge in [0.25, 0.3) is 0 Å². The van der Waals surface area contributed by atoms with Gasteiger partial charge in [-0.3, -0.25) is 0 Å². The Hall–Kier alpha value is -0.220. The smallest absolute Gasteiger partial charge is 0.137 e. The highest BCUT2D eigenvalue weighted by atomic mass is 79.9. The Balaban J connectivity index is 2.93. The minimum atomic E-state index is -0.315. The van der Waals surface area contributed by atoms with Crippen LogP contribution < -0.4 is 4.74 Å². The molecule has 0 heterocycles. The van der Waals surface area contributed by atoms with Crippen LogP contribution in [-0.4, -0.2) is 5.94 Å². The van der Waals surface area contributed by atoms with Gasteiger partial charge in [-0.2, -0.15) is 0 Å². The molecule has 0 unspecified atom stereocenters. The van der Waals surface area contributed by atoms with Crippen LogP contribution in [0.1, 0.15) is 0 Å². The summed E-state index contributed by atoms with van der Waals surface area (Å²) in [7, 11) is 0. The summed E-state index contributed by atoms with van der Waals surface area (Å²) < 4.78 is 18.3. The molecule has 1 nitrogen and oxygen atoms in total. The van der Waals surface area contributed by atoms with Gasteiger partial charge in [0.2, 0.25) is 0 Å². The van der Waals surface area contributed by atoms with E-state index in [2.05, 4.69) is 28.6 Å². The largest absolute Gasteiger partial charge is 0.482 e. The molecule has 4 heteroatoms. The van der Waals surface area contributed by atoms with Crippen molar-refractivity contribution in [3.63, 3.8) is 0 Å². The van der Waals surface area contributed by atoms with Gasteiger partial charge in [-0.1, -0.05) is 0 Å². The van der Waals surface area contributed by atoms with E-state index in [1.54, 1.807) is 6.07 Å². The molecule has 0 fully saturated rings. The zero-order valence-electron chi connectivity index (χ0n) is 5.55. The van der Waals surface area contributed by atoms with Crippen molar-refractivity contribution in [3.8, 4) is 5.75 Å². The monoisotopic (exact) mass is 236 g/mol. The van der Waals surface area contributed by atoms with Gasteiger partial charge >= 0.3 is 0 Å². The van der Waals surface area contributed by atoms with E-state index < -0.39 is 0 Å². The molecule has 60 valence electrons. The highest BCUT2D eigenvalue weighted by Crippen LogP contribution is 2.25. The zero-order valence-corrected chi connectivity index (χ0v) is 8.03. The van der Waals surface area contributed by atoms with Crippen LogP contribution >= 0.6 is 28.6 Å². The number of thiol groups is 1. The number of halogens is 2. The minimum absolute atomic E-state index is 0.238. The lowest BCUT2D eigenvalue weighted by molar-refractivity contribution is 0.389. The Bertz CT molecular complexity index is 254. The van der Waals surface area contributed by atoms with Gasteiger partial charge in [-0.15, -0.1) is 12.6 Å². The van der Waals surface area contributed by atoms with Crippen LogP contribution in [0.25, 0.3) is 0 Å². The van der Waals surface area contributed by atoms with E-state index >= 15 is 0 Å². The number of rotatable bonds is 2. The molecule has 0 radical (unpaired) electrons. The summed E-state index contributed by atoms with van der Waals surface area (Å²) >= 11 is 7.05. The third-order valence-corrected chi connectivity index (χ3v) is 1.90. The van der Waals surface area contributed by atoms with E-state index in [1.807, 2.05) is 0 Å². The van der Waals surface area contributed by atoms with Crippen LogP contribution in [0.5, 0.6) is 5.75 Å². The van der Waals surface area contributed by atoms with Crippen molar-refractivity contribution >= 4 is 28.6 Å². The molecule has 0 spiro atoms. The molecule has 0 saturated heterocycles. The quantitative estimate of drug-likeness (QED) is 0.614. The van der Waals surface area contributed by atoms with Crippen LogP contribution in [0.15, 0.2) is 22.7 Å². The third-order valence-electron chi connectivity index (χ3n) is 1.11. The summed E-state index contributed by atoms with van der Waals surface area (Å²) in [6.45, 7) is 0. The van der Waals surface area contributed by atoms with Crippen molar-refractivity contribution < 1.29 is 9.13 Å². The Morgan fingerprint density at radius 1 is 1.55 bits per heavy atom. The molecule has 0 aromatic heterocycles. The van der Waals surface area contributed by atoms with Gasteiger partial charge in [0.1, 0.15) is 17.5 Å². The normalized spacial score (nSPS) is 9.73. The van der Waals surface area contributed by atoms with Crippen molar-refractivity contribution in [2.45, 2.75) is 0 Å². The minimum Gasteiger partial charge on any atom is -0.482 e. The van der Waals surface area contributed by atoms with Crippen molar-refractivity contribution in [1.29, 1.82) is 0 Å². The maximum Gasteiger partial charge on any atom is 0.137 e. The second-order valence-electron chi connectivity index (χ2n) is 1.85. The van der Waals surface area contributed by atoms with Crippen LogP contribution in [0, 0.1) is 5.82 Å². The van der Waals surface area contributed by atoms with E-state index in [0.717, 1.165) is 4.47 Å². The Morgan fingerprint density at radius 3 is 2.91 bits per heavy atom. The first-order valence-corrected chi connectivity index (χ1v) is 4.35. The maximum absolute atomic E-state index is 12.5. The van der Waals surface area contributed by atoms with Gasteiger partial charge in [-0.05, 0) is 28.1 Å². The topological polar surface area (TPSA) is 9.23 Å². The highest BCUT2D eigenvalue weighted by Gasteiger charge is 2.00. The summed E-state index contributed by atoms with van der Waals surface area (Å²) in [5.41, 5.74) is 0. The first-order chi connectivity index (χ1) is 5.24. The number of hydrogen-bond acceptors (Lipinski definition) is 2. The summed E-state index contributed by atoms with van der Waals surface area (Å²) in [5, 5.41) is 0. The lowest BCUT2D eigenvalue weighted by Gasteiger charge is -2.03. The fourth-order valence-electron chi connectivity index (χ4n) is 0.657. The van der Waals surface area contributed by atoms with Crippen molar-refractivity contribution in [3.05, 3.63) is 28.5 Å².